The van der Waals surface area contributed by atoms with E-state index in [1.165, 1.54) is 36.9 Å². The van der Waals surface area contributed by atoms with Gasteiger partial charge in [0.05, 0.1) is 0 Å². The minimum absolute atomic E-state index is 0.752. The molecule has 0 spiro atoms. The summed E-state index contributed by atoms with van der Waals surface area (Å²) in [6.45, 7) is 2.30. The van der Waals surface area contributed by atoms with Crippen LogP contribution in [0.3, 0.4) is 0 Å². The number of nitrogens with one attached hydrogen (secondary N) is 1. The largest absolute Gasteiger partial charge is 0.316 e. The fourth-order valence-electron chi connectivity index (χ4n) is 2.76. The van der Waals surface area contributed by atoms with Gasteiger partial charge in [-0.15, -0.1) is 0 Å². The first-order valence-corrected chi connectivity index (χ1v) is 6.46. The van der Waals surface area contributed by atoms with Crippen molar-refractivity contribution < 1.29 is 0 Å². The van der Waals surface area contributed by atoms with E-state index in [0.29, 0.717) is 0 Å². The van der Waals surface area contributed by atoms with Gasteiger partial charge >= 0.3 is 0 Å². The molecule has 1 N–H and O–H groups in total. The third kappa shape index (κ3) is 2.09. The molecular weight excluding hydrogens is 198 g/mol. The Hall–Kier alpha value is -0.960. The average Bonchev–Trinajstić information content (AvgIpc) is 2.82. The van der Waals surface area contributed by atoms with Crippen LogP contribution in [-0.4, -0.2) is 23.1 Å². The normalized spacial score (nSPS) is 24.4. The molecule has 86 valence electrons. The molecule has 1 unspecified atom stereocenters. The van der Waals surface area contributed by atoms with E-state index in [2.05, 4.69) is 16.5 Å². The van der Waals surface area contributed by atoms with Crippen molar-refractivity contribution in [2.45, 2.75) is 38.5 Å². The zero-order chi connectivity index (χ0) is 10.8. The summed E-state index contributed by atoms with van der Waals surface area (Å²) in [5.74, 6) is 1.82. The minimum Gasteiger partial charge on any atom is -0.316 e. The van der Waals surface area contributed by atoms with Gasteiger partial charge in [-0.05, 0) is 56.7 Å². The first-order chi connectivity index (χ1) is 7.92. The molecule has 16 heavy (non-hydrogen) atoms. The zero-order valence-corrected chi connectivity index (χ0v) is 9.71. The predicted molar refractivity (Wildman–Crippen MR) is 63.4 cm³/mol. The summed E-state index contributed by atoms with van der Waals surface area (Å²) in [7, 11) is 0. The van der Waals surface area contributed by atoms with Crippen molar-refractivity contribution in [3.05, 3.63) is 23.3 Å². The molecule has 1 aromatic rings. The van der Waals surface area contributed by atoms with Crippen LogP contribution < -0.4 is 5.32 Å². The van der Waals surface area contributed by atoms with Gasteiger partial charge in [-0.25, -0.2) is 9.97 Å². The quantitative estimate of drug-likeness (QED) is 0.816. The van der Waals surface area contributed by atoms with Crippen LogP contribution in [-0.2, 0) is 19.3 Å². The van der Waals surface area contributed by atoms with Gasteiger partial charge < -0.3 is 5.32 Å². The summed E-state index contributed by atoms with van der Waals surface area (Å²) >= 11 is 0. The molecule has 1 aromatic heterocycles. The fourth-order valence-corrected chi connectivity index (χ4v) is 2.76. The van der Waals surface area contributed by atoms with Gasteiger partial charge in [0.15, 0.2) is 0 Å². The molecule has 1 saturated heterocycles. The Morgan fingerprint density at radius 1 is 1.31 bits per heavy atom. The average molecular weight is 217 g/mol. The summed E-state index contributed by atoms with van der Waals surface area (Å²) < 4.78 is 0. The number of rotatable bonds is 2. The fraction of sp³-hybridized carbons (Fsp3) is 0.692. The monoisotopic (exact) mass is 217 g/mol. The van der Waals surface area contributed by atoms with Gasteiger partial charge in [0, 0.05) is 18.3 Å². The standard InChI is InChI=1S/C13H19N3/c1-2-4-12-11(3-1)9-15-13(16-12)7-10-5-6-14-8-10/h9-10,14H,1-8H2. The lowest BCUT2D eigenvalue weighted by molar-refractivity contribution is 0.554. The lowest BCUT2D eigenvalue weighted by Gasteiger charge is -2.15. The van der Waals surface area contributed by atoms with Crippen LogP contribution in [0.5, 0.6) is 0 Å². The number of aryl methyl sites for hydroxylation is 2. The summed E-state index contributed by atoms with van der Waals surface area (Å²) in [5, 5.41) is 3.40. The van der Waals surface area contributed by atoms with Crippen molar-refractivity contribution in [2.75, 3.05) is 13.1 Å². The Labute approximate surface area is 96.7 Å². The molecule has 3 rings (SSSR count). The highest BCUT2D eigenvalue weighted by Gasteiger charge is 2.18. The first-order valence-electron chi connectivity index (χ1n) is 6.46. The number of hydrogen-bond donors (Lipinski definition) is 1. The molecule has 1 aliphatic heterocycles. The second-order valence-electron chi connectivity index (χ2n) is 5.03. The van der Waals surface area contributed by atoms with E-state index in [1.54, 1.807) is 0 Å². The summed E-state index contributed by atoms with van der Waals surface area (Å²) in [4.78, 5) is 9.25. The summed E-state index contributed by atoms with van der Waals surface area (Å²) in [6.07, 6.45) is 9.35. The van der Waals surface area contributed by atoms with Gasteiger partial charge in [-0.3, -0.25) is 0 Å². The maximum atomic E-state index is 4.74. The first kappa shape index (κ1) is 10.2. The van der Waals surface area contributed by atoms with Crippen molar-refractivity contribution >= 4 is 0 Å². The third-order valence-electron chi connectivity index (χ3n) is 3.75. The molecule has 0 radical (unpaired) electrons. The molecule has 0 saturated carbocycles. The van der Waals surface area contributed by atoms with E-state index in [9.17, 15) is 0 Å². The highest BCUT2D eigenvalue weighted by atomic mass is 14.9. The smallest absolute Gasteiger partial charge is 0.128 e. The molecule has 1 fully saturated rings. The minimum atomic E-state index is 0.752. The van der Waals surface area contributed by atoms with Gasteiger partial charge in [0.2, 0.25) is 0 Å². The molecule has 0 amide bonds. The van der Waals surface area contributed by atoms with E-state index in [-0.39, 0.29) is 0 Å². The van der Waals surface area contributed by atoms with E-state index in [0.717, 1.165) is 37.7 Å². The van der Waals surface area contributed by atoms with Crippen LogP contribution in [0.15, 0.2) is 6.20 Å². The van der Waals surface area contributed by atoms with E-state index >= 15 is 0 Å². The van der Waals surface area contributed by atoms with Crippen LogP contribution in [0.25, 0.3) is 0 Å². The SMILES string of the molecule is c1nc(CC2CCNC2)nc2c1CCCC2. The van der Waals surface area contributed by atoms with E-state index in [1.807, 2.05) is 0 Å². The molecule has 0 bridgehead atoms. The van der Waals surface area contributed by atoms with Crippen molar-refractivity contribution in [2.24, 2.45) is 5.92 Å². The van der Waals surface area contributed by atoms with Gasteiger partial charge in [0.1, 0.15) is 5.82 Å². The summed E-state index contributed by atoms with van der Waals surface area (Å²) in [6, 6.07) is 0. The summed E-state index contributed by atoms with van der Waals surface area (Å²) in [5.41, 5.74) is 2.71. The number of fused-ring (bicyclic) bond motifs is 1. The van der Waals surface area contributed by atoms with Crippen LogP contribution in [0.2, 0.25) is 0 Å². The highest BCUT2D eigenvalue weighted by molar-refractivity contribution is 5.20. The molecule has 1 aliphatic carbocycles. The maximum Gasteiger partial charge on any atom is 0.128 e. The topological polar surface area (TPSA) is 37.8 Å². The van der Waals surface area contributed by atoms with E-state index < -0.39 is 0 Å². The van der Waals surface area contributed by atoms with Crippen LogP contribution in [0.1, 0.15) is 36.3 Å². The maximum absolute atomic E-state index is 4.74. The van der Waals surface area contributed by atoms with Crippen LogP contribution in [0, 0.1) is 5.92 Å². The molecule has 2 aliphatic rings. The molecule has 1 atom stereocenters. The van der Waals surface area contributed by atoms with Crippen molar-refractivity contribution in [3.63, 3.8) is 0 Å². The van der Waals surface area contributed by atoms with Crippen molar-refractivity contribution in [3.8, 4) is 0 Å². The van der Waals surface area contributed by atoms with Gasteiger partial charge in [-0.2, -0.15) is 0 Å². The second-order valence-corrected chi connectivity index (χ2v) is 5.03. The van der Waals surface area contributed by atoms with Crippen LogP contribution >= 0.6 is 0 Å². The van der Waals surface area contributed by atoms with Crippen LogP contribution in [0.4, 0.5) is 0 Å². The van der Waals surface area contributed by atoms with Gasteiger partial charge in [-0.1, -0.05) is 0 Å². The lowest BCUT2D eigenvalue weighted by Crippen LogP contribution is -2.14. The Balaban J connectivity index is 1.74. The molecule has 3 heteroatoms. The van der Waals surface area contributed by atoms with Gasteiger partial charge in [0.25, 0.3) is 0 Å². The van der Waals surface area contributed by atoms with E-state index in [4.69, 9.17) is 4.98 Å². The highest BCUT2D eigenvalue weighted by Crippen LogP contribution is 2.20. The number of aromatic nitrogens is 2. The second kappa shape index (κ2) is 4.50. The third-order valence-corrected chi connectivity index (χ3v) is 3.75. The Bertz CT molecular complexity index is 369. The Morgan fingerprint density at radius 2 is 2.25 bits per heavy atom. The number of hydrogen-bond acceptors (Lipinski definition) is 3. The molecular formula is C13H19N3. The van der Waals surface area contributed by atoms with Crippen molar-refractivity contribution in [1.29, 1.82) is 0 Å². The molecule has 2 heterocycles. The lowest BCUT2D eigenvalue weighted by atomic mass is 9.97. The number of nitrogens with zero attached hydrogens (tertiary/aromatic N) is 2. The molecule has 0 aromatic carbocycles. The molecule has 3 nitrogen and oxygen atoms in total. The predicted octanol–water partition coefficient (Wildman–Crippen LogP) is 1.51. The zero-order valence-electron chi connectivity index (χ0n) is 9.71. The Morgan fingerprint density at radius 3 is 3.12 bits per heavy atom. The Kier molecular flexibility index (Phi) is 2.87. The van der Waals surface area contributed by atoms with Crippen molar-refractivity contribution in [1.82, 2.24) is 15.3 Å².